The number of amides is 2. The summed E-state index contributed by atoms with van der Waals surface area (Å²) in [5.41, 5.74) is 7.88. The van der Waals surface area contributed by atoms with Gasteiger partial charge in [0, 0.05) is 13.2 Å². The molecule has 1 heterocycles. The van der Waals surface area contributed by atoms with E-state index in [1.54, 1.807) is 20.2 Å². The van der Waals surface area contributed by atoms with E-state index in [1.165, 1.54) is 4.68 Å². The molecule has 7 heteroatoms. The van der Waals surface area contributed by atoms with Crippen LogP contribution in [0.5, 0.6) is 0 Å². The first-order valence-corrected chi connectivity index (χ1v) is 4.21. The summed E-state index contributed by atoms with van der Waals surface area (Å²) in [7, 11) is 1.70. The first-order valence-electron chi connectivity index (χ1n) is 4.21. The fourth-order valence-electron chi connectivity index (χ4n) is 1.05. The van der Waals surface area contributed by atoms with Crippen LogP contribution in [0.2, 0.25) is 0 Å². The number of hydrogen-bond donors (Lipinski definition) is 2. The summed E-state index contributed by atoms with van der Waals surface area (Å²) >= 11 is 0. The molecule has 1 aromatic heterocycles. The number of carbonyl (C=O) groups is 2. The van der Waals surface area contributed by atoms with Gasteiger partial charge < -0.3 is 5.73 Å². The topological polar surface area (TPSA) is 99.2 Å². The van der Waals surface area contributed by atoms with Crippen LogP contribution >= 0.6 is 0 Å². The molecule has 7 nitrogen and oxygen atoms in total. The number of nitrogens with two attached hydrogens (primary N) is 1. The van der Waals surface area contributed by atoms with E-state index in [2.05, 4.69) is 15.4 Å². The Bertz CT molecular complexity index is 385. The number of hydrogen-bond acceptors (Lipinski definition) is 4. The second-order valence-electron chi connectivity index (χ2n) is 2.99. The molecule has 0 radical (unpaired) electrons. The zero-order valence-corrected chi connectivity index (χ0v) is 8.48. The normalized spacial score (nSPS) is 10.0. The molecule has 0 saturated carbocycles. The van der Waals surface area contributed by atoms with E-state index in [0.29, 0.717) is 11.3 Å². The predicted octanol–water partition coefficient (Wildman–Crippen LogP) is -1.12. The third kappa shape index (κ3) is 3.06. The highest BCUT2D eigenvalue weighted by Gasteiger charge is 2.12. The largest absolute Gasteiger partial charge is 0.368 e. The second-order valence-corrected chi connectivity index (χ2v) is 2.99. The Morgan fingerprint density at radius 1 is 1.67 bits per heavy atom. The number of aryl methyl sites for hydroxylation is 2. The maximum Gasteiger partial charge on any atom is 0.278 e. The molecule has 82 valence electrons. The maximum atomic E-state index is 11.4. The lowest BCUT2D eigenvalue weighted by Crippen LogP contribution is -2.29. The Hall–Kier alpha value is -1.89. The Balaban J connectivity index is 2.54. The van der Waals surface area contributed by atoms with Crippen LogP contribution in [0.4, 0.5) is 0 Å². The number of nitrogens with zero attached hydrogens (tertiary/aromatic N) is 2. The Labute approximate surface area is 86.1 Å². The van der Waals surface area contributed by atoms with Crippen LogP contribution in [-0.4, -0.2) is 28.2 Å². The summed E-state index contributed by atoms with van der Waals surface area (Å²) in [5.74, 6) is -1.11. The molecule has 0 aliphatic carbocycles. The lowest BCUT2D eigenvalue weighted by Gasteiger charge is -2.02. The average Bonchev–Trinajstić information content (AvgIpc) is 2.44. The number of hydroxylamine groups is 1. The van der Waals surface area contributed by atoms with Crippen molar-refractivity contribution in [3.63, 3.8) is 0 Å². The molecular weight excluding hydrogens is 200 g/mol. The molecule has 0 aliphatic rings. The van der Waals surface area contributed by atoms with E-state index in [4.69, 9.17) is 5.73 Å². The van der Waals surface area contributed by atoms with E-state index < -0.39 is 11.8 Å². The van der Waals surface area contributed by atoms with Gasteiger partial charge in [-0.25, -0.2) is 5.48 Å². The second kappa shape index (κ2) is 4.56. The summed E-state index contributed by atoms with van der Waals surface area (Å²) in [6.07, 6.45) is 1.55. The van der Waals surface area contributed by atoms with E-state index in [1.807, 2.05) is 0 Å². The summed E-state index contributed by atoms with van der Waals surface area (Å²) in [5, 5.41) is 3.98. The molecular formula is C8H12N4O3. The van der Waals surface area contributed by atoms with Crippen molar-refractivity contribution < 1.29 is 14.4 Å². The van der Waals surface area contributed by atoms with E-state index in [-0.39, 0.29) is 6.61 Å². The quantitative estimate of drug-likeness (QED) is 0.617. The fraction of sp³-hybridized carbons (Fsp3) is 0.375. The van der Waals surface area contributed by atoms with Crippen molar-refractivity contribution in [1.29, 1.82) is 0 Å². The van der Waals surface area contributed by atoms with Crippen molar-refractivity contribution in [2.45, 2.75) is 6.92 Å². The maximum absolute atomic E-state index is 11.4. The molecule has 0 bridgehead atoms. The van der Waals surface area contributed by atoms with Gasteiger partial charge in [-0.1, -0.05) is 0 Å². The predicted molar refractivity (Wildman–Crippen MR) is 50.6 cm³/mol. The molecule has 15 heavy (non-hydrogen) atoms. The van der Waals surface area contributed by atoms with Gasteiger partial charge in [0.15, 0.2) is 6.61 Å². The summed E-state index contributed by atoms with van der Waals surface area (Å²) in [6.45, 7) is 1.34. The van der Waals surface area contributed by atoms with Crippen LogP contribution < -0.4 is 11.2 Å². The van der Waals surface area contributed by atoms with Crippen molar-refractivity contribution in [2.75, 3.05) is 6.61 Å². The Morgan fingerprint density at radius 3 is 2.80 bits per heavy atom. The van der Waals surface area contributed by atoms with Gasteiger partial charge in [0.05, 0.1) is 11.3 Å². The molecule has 0 atom stereocenters. The van der Waals surface area contributed by atoms with Crippen molar-refractivity contribution in [3.8, 4) is 0 Å². The first-order chi connectivity index (χ1) is 7.00. The Kier molecular flexibility index (Phi) is 3.40. The molecule has 2 amide bonds. The highest BCUT2D eigenvalue weighted by atomic mass is 16.7. The third-order valence-electron chi connectivity index (χ3n) is 1.64. The molecule has 1 aromatic rings. The Morgan fingerprint density at radius 2 is 2.33 bits per heavy atom. The molecule has 0 fully saturated rings. The van der Waals surface area contributed by atoms with Gasteiger partial charge >= 0.3 is 0 Å². The van der Waals surface area contributed by atoms with Crippen molar-refractivity contribution in [3.05, 3.63) is 17.5 Å². The van der Waals surface area contributed by atoms with Gasteiger partial charge in [-0.05, 0) is 6.92 Å². The monoisotopic (exact) mass is 212 g/mol. The van der Waals surface area contributed by atoms with Crippen molar-refractivity contribution in [2.24, 2.45) is 12.8 Å². The lowest BCUT2D eigenvalue weighted by molar-refractivity contribution is -0.124. The van der Waals surface area contributed by atoms with Gasteiger partial charge in [0.2, 0.25) is 5.91 Å². The SMILES string of the molecule is Cc1nn(C)cc1C(=O)NOCC(N)=O. The third-order valence-corrected chi connectivity index (χ3v) is 1.64. The number of aromatic nitrogens is 2. The van der Waals surface area contributed by atoms with Gasteiger partial charge in [0.1, 0.15) is 0 Å². The highest BCUT2D eigenvalue weighted by Crippen LogP contribution is 2.03. The molecule has 0 spiro atoms. The van der Waals surface area contributed by atoms with Crippen LogP contribution in [0.15, 0.2) is 6.20 Å². The van der Waals surface area contributed by atoms with Crippen LogP contribution in [0.25, 0.3) is 0 Å². The lowest BCUT2D eigenvalue weighted by atomic mass is 10.2. The average molecular weight is 212 g/mol. The number of carbonyl (C=O) groups excluding carboxylic acids is 2. The van der Waals surface area contributed by atoms with Crippen LogP contribution in [0, 0.1) is 6.92 Å². The number of rotatable bonds is 4. The van der Waals surface area contributed by atoms with Gasteiger partial charge in [0.25, 0.3) is 5.91 Å². The fourth-order valence-corrected chi connectivity index (χ4v) is 1.05. The van der Waals surface area contributed by atoms with Crippen LogP contribution in [0.1, 0.15) is 16.1 Å². The standard InChI is InChI=1S/C8H12N4O3/c1-5-6(3-12(2)10-5)8(14)11-15-4-7(9)13/h3H,4H2,1-2H3,(H2,9,13)(H,11,14). The van der Waals surface area contributed by atoms with Crippen LogP contribution in [0.3, 0.4) is 0 Å². The summed E-state index contributed by atoms with van der Waals surface area (Å²) in [6, 6.07) is 0. The zero-order chi connectivity index (χ0) is 11.4. The zero-order valence-electron chi connectivity index (χ0n) is 8.48. The minimum Gasteiger partial charge on any atom is -0.368 e. The smallest absolute Gasteiger partial charge is 0.278 e. The first kappa shape index (κ1) is 11.2. The number of nitrogens with one attached hydrogen (secondary N) is 1. The summed E-state index contributed by atoms with van der Waals surface area (Å²) < 4.78 is 1.51. The van der Waals surface area contributed by atoms with Crippen LogP contribution in [-0.2, 0) is 16.7 Å². The van der Waals surface area contributed by atoms with Crippen molar-refractivity contribution >= 4 is 11.8 Å². The molecule has 0 saturated heterocycles. The minimum atomic E-state index is -0.654. The molecule has 1 rings (SSSR count). The molecule has 3 N–H and O–H groups in total. The summed E-state index contributed by atoms with van der Waals surface area (Å²) in [4.78, 5) is 26.3. The molecule has 0 unspecified atom stereocenters. The van der Waals surface area contributed by atoms with E-state index >= 15 is 0 Å². The van der Waals surface area contributed by atoms with Gasteiger partial charge in [-0.3, -0.25) is 19.1 Å². The number of primary amides is 1. The van der Waals surface area contributed by atoms with Crippen molar-refractivity contribution in [1.82, 2.24) is 15.3 Å². The van der Waals surface area contributed by atoms with E-state index in [0.717, 1.165) is 0 Å². The van der Waals surface area contributed by atoms with E-state index in [9.17, 15) is 9.59 Å². The minimum absolute atomic E-state index is 0.356. The van der Waals surface area contributed by atoms with Gasteiger partial charge in [-0.2, -0.15) is 5.10 Å². The highest BCUT2D eigenvalue weighted by molar-refractivity contribution is 5.94. The molecule has 0 aliphatic heterocycles. The molecule has 0 aromatic carbocycles. The van der Waals surface area contributed by atoms with Gasteiger partial charge in [-0.15, -0.1) is 0 Å².